The minimum Gasteiger partial charge on any atom is -0.491 e. The predicted octanol–water partition coefficient (Wildman–Crippen LogP) is 3.00. The van der Waals surface area contributed by atoms with Crippen molar-refractivity contribution in [2.45, 2.75) is 19.6 Å². The molecule has 0 aliphatic heterocycles. The molecule has 0 bridgehead atoms. The van der Waals surface area contributed by atoms with Gasteiger partial charge in [-0.2, -0.15) is 0 Å². The summed E-state index contributed by atoms with van der Waals surface area (Å²) in [5, 5.41) is 23.8. The molecule has 0 atom stereocenters. The van der Waals surface area contributed by atoms with Crippen LogP contribution in [0.5, 0.6) is 17.2 Å². The van der Waals surface area contributed by atoms with Crippen molar-refractivity contribution in [2.75, 3.05) is 36.9 Å². The molecule has 0 saturated heterocycles. The number of carbonyl (C=O) groups is 3. The fourth-order valence-corrected chi connectivity index (χ4v) is 5.06. The second-order valence-corrected chi connectivity index (χ2v) is 11.2. The van der Waals surface area contributed by atoms with Crippen molar-refractivity contribution >= 4 is 51.2 Å². The highest BCUT2D eigenvalue weighted by atomic mass is 16.5. The SMILES string of the molecule is NCCOc1cc(NC(=O)c2cc(OCc3cn(CCC(=O)O)nn3)cc(C(=O)Nc3cc(OCCN)c4ccccc4n3)n2)nc2ccccc12. The third-order valence-corrected chi connectivity index (χ3v) is 7.38. The van der Waals surface area contributed by atoms with Gasteiger partial charge >= 0.3 is 5.97 Å². The van der Waals surface area contributed by atoms with E-state index in [0.717, 1.165) is 10.8 Å². The van der Waals surface area contributed by atoms with Gasteiger partial charge in [-0.1, -0.05) is 29.5 Å². The Morgan fingerprint density at radius 2 is 1.27 bits per heavy atom. The van der Waals surface area contributed by atoms with Crippen LogP contribution >= 0.6 is 0 Å². The number of rotatable bonds is 16. The molecule has 4 aromatic heterocycles. The number of aryl methyl sites for hydroxylation is 1. The lowest BCUT2D eigenvalue weighted by Crippen LogP contribution is -2.20. The summed E-state index contributed by atoms with van der Waals surface area (Å²) in [6, 6.07) is 20.4. The molecule has 17 heteroatoms. The molecule has 2 amide bonds. The largest absolute Gasteiger partial charge is 0.491 e. The summed E-state index contributed by atoms with van der Waals surface area (Å²) in [6.07, 6.45) is 1.40. The van der Waals surface area contributed by atoms with Crippen molar-refractivity contribution in [3.05, 3.63) is 96.1 Å². The molecule has 4 heterocycles. The number of para-hydroxylation sites is 2. The Morgan fingerprint density at radius 1 is 0.731 bits per heavy atom. The number of aromatic nitrogens is 6. The number of carboxylic acids is 1. The number of amides is 2. The Labute approximate surface area is 295 Å². The van der Waals surface area contributed by atoms with Crippen LogP contribution in [0.15, 0.2) is 79.0 Å². The van der Waals surface area contributed by atoms with E-state index in [0.29, 0.717) is 28.2 Å². The molecule has 6 aromatic rings. The monoisotopic (exact) mass is 706 g/mol. The van der Waals surface area contributed by atoms with Crippen LogP contribution in [0, 0.1) is 0 Å². The number of ether oxygens (including phenoxy) is 3. The summed E-state index contributed by atoms with van der Waals surface area (Å²) < 4.78 is 18.9. The molecule has 0 aliphatic rings. The van der Waals surface area contributed by atoms with E-state index in [1.807, 2.05) is 36.4 Å². The Hall–Kier alpha value is -6.72. The number of carbonyl (C=O) groups excluding carboxylic acids is 2. The van der Waals surface area contributed by atoms with E-state index in [4.69, 9.17) is 30.8 Å². The van der Waals surface area contributed by atoms with Crippen LogP contribution in [-0.2, 0) is 17.9 Å². The van der Waals surface area contributed by atoms with Crippen LogP contribution in [0.2, 0.25) is 0 Å². The third kappa shape index (κ3) is 8.70. The normalized spacial score (nSPS) is 11.0. The maximum absolute atomic E-state index is 13.7. The zero-order valence-electron chi connectivity index (χ0n) is 27.7. The number of benzene rings is 2. The average Bonchev–Trinajstić information content (AvgIpc) is 3.62. The lowest BCUT2D eigenvalue weighted by atomic mass is 10.2. The number of nitrogens with one attached hydrogen (secondary N) is 2. The zero-order valence-corrected chi connectivity index (χ0v) is 27.7. The number of hydrogen-bond acceptors (Lipinski definition) is 13. The van der Waals surface area contributed by atoms with E-state index >= 15 is 0 Å². The predicted molar refractivity (Wildman–Crippen MR) is 189 cm³/mol. The number of hydrogen-bond donors (Lipinski definition) is 5. The Bertz CT molecular complexity index is 2120. The van der Waals surface area contributed by atoms with Crippen LogP contribution < -0.4 is 36.3 Å². The second-order valence-electron chi connectivity index (χ2n) is 11.2. The number of pyridine rings is 3. The fraction of sp³-hybridized carbons (Fsp3) is 0.200. The van der Waals surface area contributed by atoms with Gasteiger partial charge < -0.3 is 41.4 Å². The standard InChI is InChI=1S/C35H34N10O7/c36-10-13-50-29-17-31(39-25-7-3-1-5-23(25)29)41-34(48)27-15-22(52-20-21-19-45(44-43-21)12-9-33(46)47)16-28(38-27)35(49)42-32-18-30(51-14-11-37)24-6-2-4-8-26(24)40-32/h1-8,15-19H,9-14,20,36-37H2,(H,46,47)(H,39,41,48)(H,40,42,49). The number of fused-ring (bicyclic) bond motifs is 2. The highest BCUT2D eigenvalue weighted by Crippen LogP contribution is 2.29. The van der Waals surface area contributed by atoms with Crippen molar-refractivity contribution in [3.8, 4) is 17.2 Å². The van der Waals surface area contributed by atoms with E-state index in [-0.39, 0.29) is 74.6 Å². The molecule has 0 unspecified atom stereocenters. The minimum atomic E-state index is -0.974. The quantitative estimate of drug-likeness (QED) is 0.0972. The van der Waals surface area contributed by atoms with E-state index in [2.05, 4.69) is 35.9 Å². The topological polar surface area (TPSA) is 245 Å². The number of nitrogens with zero attached hydrogens (tertiary/aromatic N) is 6. The van der Waals surface area contributed by atoms with Gasteiger partial charge in [0.05, 0.1) is 30.2 Å². The number of anilines is 2. The summed E-state index contributed by atoms with van der Waals surface area (Å²) in [6.45, 7) is 1.09. The average molecular weight is 707 g/mol. The second kappa shape index (κ2) is 16.3. The first-order chi connectivity index (χ1) is 25.3. The third-order valence-electron chi connectivity index (χ3n) is 7.38. The summed E-state index contributed by atoms with van der Waals surface area (Å²) in [5.41, 5.74) is 12.5. The van der Waals surface area contributed by atoms with Crippen LogP contribution in [0.4, 0.5) is 11.6 Å². The van der Waals surface area contributed by atoms with Crippen LogP contribution in [-0.4, -0.2) is 79.1 Å². The van der Waals surface area contributed by atoms with Crippen molar-refractivity contribution in [1.29, 1.82) is 0 Å². The van der Waals surface area contributed by atoms with Gasteiger partial charge in [0.2, 0.25) is 0 Å². The Kier molecular flexibility index (Phi) is 11.0. The molecule has 0 saturated carbocycles. The number of aliphatic carboxylic acids is 1. The molecular weight excluding hydrogens is 672 g/mol. The molecule has 2 aromatic carbocycles. The first kappa shape index (κ1) is 35.1. The number of nitrogens with two attached hydrogens (primary N) is 2. The molecule has 0 radical (unpaired) electrons. The molecule has 0 aliphatic carbocycles. The summed E-state index contributed by atoms with van der Waals surface area (Å²) in [7, 11) is 0. The van der Waals surface area contributed by atoms with Gasteiger partial charge in [0.25, 0.3) is 11.8 Å². The maximum atomic E-state index is 13.7. The summed E-state index contributed by atoms with van der Waals surface area (Å²) in [4.78, 5) is 51.7. The smallest absolute Gasteiger partial charge is 0.305 e. The van der Waals surface area contributed by atoms with Gasteiger partial charge in [0.1, 0.15) is 65.8 Å². The molecule has 17 nitrogen and oxygen atoms in total. The lowest BCUT2D eigenvalue weighted by Gasteiger charge is -2.13. The van der Waals surface area contributed by atoms with Gasteiger partial charge in [0, 0.05) is 48.1 Å². The van der Waals surface area contributed by atoms with E-state index in [9.17, 15) is 14.4 Å². The van der Waals surface area contributed by atoms with E-state index in [1.165, 1.54) is 23.0 Å². The van der Waals surface area contributed by atoms with Crippen molar-refractivity contribution in [1.82, 2.24) is 29.9 Å². The molecule has 52 heavy (non-hydrogen) atoms. The molecule has 0 spiro atoms. The van der Waals surface area contributed by atoms with E-state index in [1.54, 1.807) is 24.3 Å². The molecule has 0 fully saturated rings. The van der Waals surface area contributed by atoms with Crippen LogP contribution in [0.25, 0.3) is 21.8 Å². The van der Waals surface area contributed by atoms with Gasteiger partial charge in [0.15, 0.2) is 0 Å². The molecular formula is C35H34N10O7. The first-order valence-electron chi connectivity index (χ1n) is 16.1. The van der Waals surface area contributed by atoms with Gasteiger partial charge in [-0.15, -0.1) is 5.10 Å². The Morgan fingerprint density at radius 3 is 1.79 bits per heavy atom. The molecule has 7 N–H and O–H groups in total. The maximum Gasteiger partial charge on any atom is 0.305 e. The summed E-state index contributed by atoms with van der Waals surface area (Å²) >= 11 is 0. The van der Waals surface area contributed by atoms with Crippen LogP contribution in [0.3, 0.4) is 0 Å². The fourth-order valence-electron chi connectivity index (χ4n) is 5.06. The molecule has 6 rings (SSSR count). The van der Waals surface area contributed by atoms with Gasteiger partial charge in [-0.3, -0.25) is 19.1 Å². The van der Waals surface area contributed by atoms with Crippen molar-refractivity contribution in [2.24, 2.45) is 11.5 Å². The minimum absolute atomic E-state index is 0.110. The molecule has 266 valence electrons. The lowest BCUT2D eigenvalue weighted by molar-refractivity contribution is -0.137. The Balaban J connectivity index is 1.29. The highest BCUT2D eigenvalue weighted by molar-refractivity contribution is 6.07. The highest BCUT2D eigenvalue weighted by Gasteiger charge is 2.19. The van der Waals surface area contributed by atoms with Gasteiger partial charge in [-0.25, -0.2) is 15.0 Å². The number of carboxylic acid groups (broad SMARTS) is 1. The van der Waals surface area contributed by atoms with Crippen molar-refractivity contribution < 1.29 is 33.7 Å². The van der Waals surface area contributed by atoms with Crippen LogP contribution in [0.1, 0.15) is 33.1 Å². The van der Waals surface area contributed by atoms with E-state index < -0.39 is 17.8 Å². The van der Waals surface area contributed by atoms with Gasteiger partial charge in [-0.05, 0) is 24.3 Å². The summed E-state index contributed by atoms with van der Waals surface area (Å²) in [5.74, 6) is -0.922. The van der Waals surface area contributed by atoms with Crippen molar-refractivity contribution in [3.63, 3.8) is 0 Å². The zero-order chi connectivity index (χ0) is 36.5. The first-order valence-corrected chi connectivity index (χ1v) is 16.1.